The van der Waals surface area contributed by atoms with Crippen LogP contribution in [0.1, 0.15) is 12.6 Å². The lowest BCUT2D eigenvalue weighted by atomic mass is 10.5. The van der Waals surface area contributed by atoms with E-state index in [1.807, 2.05) is 0 Å². The molecule has 0 fully saturated rings. The lowest BCUT2D eigenvalue weighted by Gasteiger charge is -2.19. The van der Waals surface area contributed by atoms with Crippen LogP contribution in [0.5, 0.6) is 0 Å². The molecular weight excluding hydrogens is 270 g/mol. The van der Waals surface area contributed by atoms with Crippen LogP contribution in [-0.4, -0.2) is 48.5 Å². The Balaban J connectivity index is 3.25. The first kappa shape index (κ1) is 15.4. The monoisotopic (exact) mass is 289 g/mol. The highest BCUT2D eigenvalue weighted by Gasteiger charge is 2.31. The quantitative estimate of drug-likeness (QED) is 0.727. The van der Waals surface area contributed by atoms with Crippen LogP contribution >= 0.6 is 0 Å². The molecule has 8 nitrogen and oxygen atoms in total. The minimum atomic E-state index is -3.83. The number of nitrogens with one attached hydrogen (secondary N) is 1. The van der Waals surface area contributed by atoms with Crippen molar-refractivity contribution in [2.24, 2.45) is 7.05 Å². The van der Waals surface area contributed by atoms with Crippen molar-refractivity contribution in [1.82, 2.24) is 19.4 Å². The fourth-order valence-corrected chi connectivity index (χ4v) is 3.36. The van der Waals surface area contributed by atoms with E-state index in [1.54, 1.807) is 20.9 Å². The lowest BCUT2D eigenvalue weighted by molar-refractivity contribution is -0.120. The molecule has 19 heavy (non-hydrogen) atoms. The number of likely N-dealkylation sites (N-methyl/N-ethyl adjacent to an activating group) is 2. The van der Waals surface area contributed by atoms with Gasteiger partial charge in [-0.1, -0.05) is 6.92 Å². The van der Waals surface area contributed by atoms with E-state index in [9.17, 15) is 13.2 Å². The summed E-state index contributed by atoms with van der Waals surface area (Å²) in [4.78, 5) is 11.3. The number of sulfonamides is 1. The molecule has 9 heteroatoms. The fourth-order valence-electron chi connectivity index (χ4n) is 1.67. The first-order chi connectivity index (χ1) is 8.75. The molecule has 1 amide bonds. The van der Waals surface area contributed by atoms with Gasteiger partial charge in [0.1, 0.15) is 4.90 Å². The molecular formula is C10H19N5O3S. The first-order valence-electron chi connectivity index (χ1n) is 5.75. The Hall–Kier alpha value is -1.61. The number of amides is 1. The highest BCUT2D eigenvalue weighted by Crippen LogP contribution is 2.24. The molecule has 3 N–H and O–H groups in total. The van der Waals surface area contributed by atoms with Crippen LogP contribution in [0.3, 0.4) is 0 Å². The summed E-state index contributed by atoms with van der Waals surface area (Å²) in [7, 11) is -0.771. The highest BCUT2D eigenvalue weighted by molar-refractivity contribution is 7.89. The minimum Gasteiger partial charge on any atom is -0.381 e. The van der Waals surface area contributed by atoms with E-state index in [1.165, 1.54) is 11.7 Å². The summed E-state index contributed by atoms with van der Waals surface area (Å²) in [5.74, 6) is -0.444. The molecule has 0 saturated heterocycles. The van der Waals surface area contributed by atoms with Gasteiger partial charge in [-0.2, -0.15) is 9.40 Å². The van der Waals surface area contributed by atoms with Gasteiger partial charge in [0, 0.05) is 20.6 Å². The molecule has 1 heterocycles. The van der Waals surface area contributed by atoms with Crippen molar-refractivity contribution in [3.8, 4) is 0 Å². The Morgan fingerprint density at radius 2 is 2.11 bits per heavy atom. The van der Waals surface area contributed by atoms with Gasteiger partial charge >= 0.3 is 0 Å². The zero-order valence-corrected chi connectivity index (χ0v) is 12.3. The molecule has 108 valence electrons. The number of aromatic nitrogens is 2. The van der Waals surface area contributed by atoms with Crippen molar-refractivity contribution in [3.63, 3.8) is 0 Å². The molecule has 1 aromatic heterocycles. The second-order valence-corrected chi connectivity index (χ2v) is 5.90. The molecule has 0 aliphatic carbocycles. The maximum Gasteiger partial charge on any atom is 0.249 e. The van der Waals surface area contributed by atoms with Gasteiger partial charge in [0.05, 0.1) is 12.2 Å². The summed E-state index contributed by atoms with van der Waals surface area (Å²) >= 11 is 0. The zero-order valence-electron chi connectivity index (χ0n) is 11.5. The summed E-state index contributed by atoms with van der Waals surface area (Å²) in [5, 5.41) is 6.27. The normalized spacial score (nSPS) is 11.8. The fraction of sp³-hybridized carbons (Fsp3) is 0.600. The predicted octanol–water partition coefficient (Wildman–Crippen LogP) is -0.933. The maximum atomic E-state index is 12.5. The molecule has 0 aliphatic rings. The second kappa shape index (κ2) is 5.57. The zero-order chi connectivity index (χ0) is 14.8. The Labute approximate surface area is 112 Å². The molecule has 0 radical (unpaired) electrons. The maximum absolute atomic E-state index is 12.5. The van der Waals surface area contributed by atoms with Crippen molar-refractivity contribution in [2.75, 3.05) is 25.9 Å². The van der Waals surface area contributed by atoms with Gasteiger partial charge in [-0.05, 0) is 6.92 Å². The van der Waals surface area contributed by atoms with Crippen LogP contribution in [0.2, 0.25) is 0 Å². The standard InChI is InChI=1S/C10H19N5O3S/c1-5-15(6-8(16)12-3)19(17,18)9-7(2)14(4)13-10(9)11/h5-6H2,1-4H3,(H2,11,13)(H,12,16). The number of nitrogens with zero attached hydrogens (tertiary/aromatic N) is 3. The van der Waals surface area contributed by atoms with Gasteiger partial charge in [-0.15, -0.1) is 0 Å². The van der Waals surface area contributed by atoms with Crippen LogP contribution < -0.4 is 11.1 Å². The molecule has 0 spiro atoms. The van der Waals surface area contributed by atoms with Crippen molar-refractivity contribution >= 4 is 21.7 Å². The van der Waals surface area contributed by atoms with E-state index in [2.05, 4.69) is 10.4 Å². The summed E-state index contributed by atoms with van der Waals surface area (Å²) < 4.78 is 27.4. The number of aryl methyl sites for hydroxylation is 1. The van der Waals surface area contributed by atoms with E-state index < -0.39 is 10.0 Å². The van der Waals surface area contributed by atoms with Gasteiger partial charge in [0.15, 0.2) is 5.82 Å². The Kier molecular flexibility index (Phi) is 4.53. The second-order valence-electron chi connectivity index (χ2n) is 4.03. The van der Waals surface area contributed by atoms with Crippen LogP contribution in [0.15, 0.2) is 4.90 Å². The summed E-state index contributed by atoms with van der Waals surface area (Å²) in [5.41, 5.74) is 6.08. The van der Waals surface area contributed by atoms with Crippen LogP contribution in [-0.2, 0) is 21.9 Å². The number of carbonyl (C=O) groups is 1. The lowest BCUT2D eigenvalue weighted by Crippen LogP contribution is -2.39. The number of anilines is 1. The van der Waals surface area contributed by atoms with Crippen molar-refractivity contribution in [2.45, 2.75) is 18.7 Å². The average Bonchev–Trinajstić information content (AvgIpc) is 2.59. The summed E-state index contributed by atoms with van der Waals surface area (Å²) in [6.07, 6.45) is 0. The minimum absolute atomic E-state index is 0.0410. The highest BCUT2D eigenvalue weighted by atomic mass is 32.2. The molecule has 0 unspecified atom stereocenters. The van der Waals surface area contributed by atoms with E-state index >= 15 is 0 Å². The van der Waals surface area contributed by atoms with Crippen molar-refractivity contribution in [1.29, 1.82) is 0 Å². The molecule has 0 aliphatic heterocycles. The van der Waals surface area contributed by atoms with Gasteiger partial charge < -0.3 is 11.1 Å². The number of nitrogens with two attached hydrogens (primary N) is 1. The molecule has 1 rings (SSSR count). The number of nitrogen functional groups attached to an aromatic ring is 1. The van der Waals surface area contributed by atoms with Crippen molar-refractivity contribution in [3.05, 3.63) is 5.69 Å². The van der Waals surface area contributed by atoms with E-state index in [0.717, 1.165) is 4.31 Å². The molecule has 1 aromatic rings. The summed E-state index contributed by atoms with van der Waals surface area (Å²) in [6.45, 7) is 3.19. The largest absolute Gasteiger partial charge is 0.381 e. The third-order valence-electron chi connectivity index (χ3n) is 2.85. The molecule has 0 saturated carbocycles. The Bertz CT molecular complexity index is 578. The average molecular weight is 289 g/mol. The van der Waals surface area contributed by atoms with Gasteiger partial charge in [0.25, 0.3) is 0 Å². The van der Waals surface area contributed by atoms with Crippen molar-refractivity contribution < 1.29 is 13.2 Å². The smallest absolute Gasteiger partial charge is 0.249 e. The molecule has 0 atom stereocenters. The van der Waals surface area contributed by atoms with Gasteiger partial charge in [0.2, 0.25) is 15.9 Å². The van der Waals surface area contributed by atoms with Gasteiger partial charge in [-0.25, -0.2) is 8.42 Å². The van der Waals surface area contributed by atoms with Crippen LogP contribution in [0, 0.1) is 6.92 Å². The van der Waals surface area contributed by atoms with Crippen LogP contribution in [0.4, 0.5) is 5.82 Å². The van der Waals surface area contributed by atoms with E-state index in [4.69, 9.17) is 5.73 Å². The Morgan fingerprint density at radius 1 is 1.53 bits per heavy atom. The number of rotatable bonds is 5. The van der Waals surface area contributed by atoms with Gasteiger partial charge in [-0.3, -0.25) is 9.48 Å². The third-order valence-corrected chi connectivity index (χ3v) is 4.94. The van der Waals surface area contributed by atoms with Crippen LogP contribution in [0.25, 0.3) is 0 Å². The first-order valence-corrected chi connectivity index (χ1v) is 7.19. The molecule has 0 bridgehead atoms. The molecule has 0 aromatic carbocycles. The number of hydrogen-bond acceptors (Lipinski definition) is 5. The summed E-state index contributed by atoms with van der Waals surface area (Å²) in [6, 6.07) is 0. The SMILES string of the molecule is CCN(CC(=O)NC)S(=O)(=O)c1c(N)nn(C)c1C. The Morgan fingerprint density at radius 3 is 2.47 bits per heavy atom. The topological polar surface area (TPSA) is 110 Å². The predicted molar refractivity (Wildman–Crippen MR) is 70.9 cm³/mol. The third kappa shape index (κ3) is 2.87. The number of hydrogen-bond donors (Lipinski definition) is 2. The van der Waals surface area contributed by atoms with E-state index in [-0.39, 0.29) is 29.7 Å². The van der Waals surface area contributed by atoms with E-state index in [0.29, 0.717) is 5.69 Å². The number of carbonyl (C=O) groups excluding carboxylic acids is 1.